The lowest BCUT2D eigenvalue weighted by Gasteiger charge is -2.19. The van der Waals surface area contributed by atoms with Gasteiger partial charge >= 0.3 is 0 Å². The molecule has 0 aliphatic rings. The van der Waals surface area contributed by atoms with E-state index in [2.05, 4.69) is 22.9 Å². The molecule has 0 saturated carbocycles. The molecule has 0 bridgehead atoms. The summed E-state index contributed by atoms with van der Waals surface area (Å²) in [6.07, 6.45) is 2.15. The Labute approximate surface area is 115 Å². The number of unbranched alkanes of at least 4 members (excludes halogenated alkanes) is 1. The first-order valence-corrected chi connectivity index (χ1v) is 7.40. The van der Waals surface area contributed by atoms with Gasteiger partial charge in [0, 0.05) is 6.54 Å². The maximum Gasteiger partial charge on any atom is 0.186 e. The smallest absolute Gasteiger partial charge is 0.186 e. The molecule has 0 atom stereocenters. The largest absolute Gasteiger partial charge is 0.395 e. The number of aliphatic hydroxyl groups excluding tert-OH is 1. The number of carbonyl (C=O) groups excluding carboxylic acids is 1. The number of halogens is 1. The van der Waals surface area contributed by atoms with Crippen molar-refractivity contribution in [1.29, 1.82) is 0 Å². The number of hydrogen-bond donors (Lipinski definition) is 1. The van der Waals surface area contributed by atoms with E-state index in [9.17, 15) is 4.79 Å². The van der Waals surface area contributed by atoms with E-state index in [1.807, 2.05) is 17.0 Å². The van der Waals surface area contributed by atoms with E-state index in [-0.39, 0.29) is 12.4 Å². The third-order valence-electron chi connectivity index (χ3n) is 2.46. The minimum Gasteiger partial charge on any atom is -0.395 e. The first-order valence-electron chi connectivity index (χ1n) is 5.79. The van der Waals surface area contributed by atoms with E-state index >= 15 is 0 Å². The van der Waals surface area contributed by atoms with Gasteiger partial charge in [-0.05, 0) is 41.0 Å². The van der Waals surface area contributed by atoms with E-state index in [0.717, 1.165) is 28.0 Å². The van der Waals surface area contributed by atoms with Crippen LogP contribution in [0.15, 0.2) is 15.9 Å². The molecule has 1 heterocycles. The molecule has 0 unspecified atom stereocenters. The maximum absolute atomic E-state index is 12.0. The van der Waals surface area contributed by atoms with Crippen LogP contribution in [-0.2, 0) is 0 Å². The number of carbonyl (C=O) groups is 1. The van der Waals surface area contributed by atoms with Gasteiger partial charge in [-0.25, -0.2) is 0 Å². The SMILES string of the molecule is CCCCN(CCO)CC(=O)c1ccc(Br)s1. The van der Waals surface area contributed by atoms with Crippen LogP contribution in [0.1, 0.15) is 29.4 Å². The Morgan fingerprint density at radius 2 is 2.24 bits per heavy atom. The Morgan fingerprint density at radius 3 is 2.76 bits per heavy atom. The van der Waals surface area contributed by atoms with Crippen molar-refractivity contribution in [2.24, 2.45) is 0 Å². The second-order valence-electron chi connectivity index (χ2n) is 3.88. The molecule has 0 spiro atoms. The van der Waals surface area contributed by atoms with E-state index in [0.29, 0.717) is 13.1 Å². The molecule has 1 rings (SSSR count). The van der Waals surface area contributed by atoms with Crippen LogP contribution in [0.25, 0.3) is 0 Å². The van der Waals surface area contributed by atoms with Gasteiger partial charge in [-0.15, -0.1) is 11.3 Å². The third-order valence-corrected chi connectivity index (χ3v) is 4.12. The van der Waals surface area contributed by atoms with Gasteiger partial charge in [0.2, 0.25) is 0 Å². The van der Waals surface area contributed by atoms with E-state index < -0.39 is 0 Å². The second kappa shape index (κ2) is 7.97. The summed E-state index contributed by atoms with van der Waals surface area (Å²) in [4.78, 5) is 14.8. The quantitative estimate of drug-likeness (QED) is 0.749. The van der Waals surface area contributed by atoms with Gasteiger partial charge in [-0.1, -0.05) is 13.3 Å². The van der Waals surface area contributed by atoms with Gasteiger partial charge in [0.25, 0.3) is 0 Å². The van der Waals surface area contributed by atoms with Crippen LogP contribution in [0, 0.1) is 0 Å². The molecule has 1 aromatic rings. The van der Waals surface area contributed by atoms with Crippen LogP contribution >= 0.6 is 27.3 Å². The van der Waals surface area contributed by atoms with Gasteiger partial charge in [-0.3, -0.25) is 9.69 Å². The summed E-state index contributed by atoms with van der Waals surface area (Å²) in [6, 6.07) is 3.73. The Morgan fingerprint density at radius 1 is 1.47 bits per heavy atom. The van der Waals surface area contributed by atoms with Crippen LogP contribution in [-0.4, -0.2) is 42.0 Å². The van der Waals surface area contributed by atoms with Crippen molar-refractivity contribution in [2.75, 3.05) is 26.2 Å². The molecular formula is C12H18BrNO2S. The molecule has 5 heteroatoms. The number of Topliss-reactive ketones (excluding diaryl/α,β-unsaturated/α-hetero) is 1. The summed E-state index contributed by atoms with van der Waals surface area (Å²) in [5, 5.41) is 8.97. The van der Waals surface area contributed by atoms with Gasteiger partial charge in [0.15, 0.2) is 5.78 Å². The Hall–Kier alpha value is -0.230. The average Bonchev–Trinajstić information content (AvgIpc) is 2.73. The number of aliphatic hydroxyl groups is 1. The van der Waals surface area contributed by atoms with Crippen molar-refractivity contribution < 1.29 is 9.90 Å². The molecule has 1 N–H and O–H groups in total. The van der Waals surface area contributed by atoms with E-state index in [1.54, 1.807) is 0 Å². The summed E-state index contributed by atoms with van der Waals surface area (Å²) >= 11 is 4.81. The zero-order chi connectivity index (χ0) is 12.7. The fraction of sp³-hybridized carbons (Fsp3) is 0.583. The average molecular weight is 320 g/mol. The van der Waals surface area contributed by atoms with Crippen LogP contribution in [0.3, 0.4) is 0 Å². The van der Waals surface area contributed by atoms with E-state index in [1.165, 1.54) is 11.3 Å². The lowest BCUT2D eigenvalue weighted by atomic mass is 10.2. The molecule has 0 aliphatic heterocycles. The molecule has 0 fully saturated rings. The summed E-state index contributed by atoms with van der Waals surface area (Å²) in [7, 11) is 0. The number of hydrogen-bond acceptors (Lipinski definition) is 4. The highest BCUT2D eigenvalue weighted by Gasteiger charge is 2.13. The van der Waals surface area contributed by atoms with Gasteiger partial charge in [0.05, 0.1) is 21.8 Å². The molecule has 0 amide bonds. The monoisotopic (exact) mass is 319 g/mol. The molecule has 17 heavy (non-hydrogen) atoms. The van der Waals surface area contributed by atoms with Crippen molar-refractivity contribution >= 4 is 33.0 Å². The highest BCUT2D eigenvalue weighted by Crippen LogP contribution is 2.22. The van der Waals surface area contributed by atoms with Crippen molar-refractivity contribution in [3.8, 4) is 0 Å². The Balaban J connectivity index is 2.51. The predicted molar refractivity (Wildman–Crippen MR) is 74.8 cm³/mol. The van der Waals surface area contributed by atoms with Crippen LogP contribution < -0.4 is 0 Å². The molecule has 1 aromatic heterocycles. The molecule has 0 radical (unpaired) electrons. The maximum atomic E-state index is 12.0. The van der Waals surface area contributed by atoms with Crippen LogP contribution in [0.4, 0.5) is 0 Å². The van der Waals surface area contributed by atoms with Crippen molar-refractivity contribution in [3.63, 3.8) is 0 Å². The zero-order valence-corrected chi connectivity index (χ0v) is 12.4. The second-order valence-corrected chi connectivity index (χ2v) is 6.34. The number of nitrogens with zero attached hydrogens (tertiary/aromatic N) is 1. The predicted octanol–water partition coefficient (Wildman–Crippen LogP) is 2.79. The summed E-state index contributed by atoms with van der Waals surface area (Å²) in [6.45, 7) is 4.06. The lowest BCUT2D eigenvalue weighted by molar-refractivity contribution is 0.0917. The van der Waals surface area contributed by atoms with Gasteiger partial charge in [0.1, 0.15) is 0 Å². The molecular weight excluding hydrogens is 302 g/mol. The topological polar surface area (TPSA) is 40.5 Å². The van der Waals surface area contributed by atoms with Gasteiger partial charge in [-0.2, -0.15) is 0 Å². The lowest BCUT2D eigenvalue weighted by Crippen LogP contribution is -2.33. The van der Waals surface area contributed by atoms with Crippen LogP contribution in [0.5, 0.6) is 0 Å². The minimum atomic E-state index is 0.102. The summed E-state index contributed by atoms with van der Waals surface area (Å²) < 4.78 is 0.975. The summed E-state index contributed by atoms with van der Waals surface area (Å²) in [5.41, 5.74) is 0. The molecule has 0 aliphatic carbocycles. The van der Waals surface area contributed by atoms with E-state index in [4.69, 9.17) is 5.11 Å². The molecule has 0 aromatic carbocycles. The van der Waals surface area contributed by atoms with Crippen molar-refractivity contribution in [2.45, 2.75) is 19.8 Å². The summed E-state index contributed by atoms with van der Waals surface area (Å²) in [5.74, 6) is 0.130. The molecule has 96 valence electrons. The minimum absolute atomic E-state index is 0.102. The van der Waals surface area contributed by atoms with Crippen molar-refractivity contribution in [1.82, 2.24) is 4.90 Å². The standard InChI is InChI=1S/C12H18BrNO2S/c1-2-3-6-14(7-8-15)9-10(16)11-4-5-12(13)17-11/h4-5,15H,2-3,6-9H2,1H3. The highest BCUT2D eigenvalue weighted by atomic mass is 79.9. The first kappa shape index (κ1) is 14.8. The molecule has 3 nitrogen and oxygen atoms in total. The fourth-order valence-corrected chi connectivity index (χ4v) is 2.85. The zero-order valence-electron chi connectivity index (χ0n) is 9.99. The highest BCUT2D eigenvalue weighted by molar-refractivity contribution is 9.11. The van der Waals surface area contributed by atoms with Crippen molar-refractivity contribution in [3.05, 3.63) is 20.8 Å². The van der Waals surface area contributed by atoms with Gasteiger partial charge < -0.3 is 5.11 Å². The first-order chi connectivity index (χ1) is 8.17. The Kier molecular flexibility index (Phi) is 6.96. The number of thiophene rings is 1. The number of rotatable bonds is 8. The molecule has 0 saturated heterocycles. The fourth-order valence-electron chi connectivity index (χ4n) is 1.54. The Bertz CT molecular complexity index is 354. The third kappa shape index (κ3) is 5.29. The normalized spacial score (nSPS) is 11.1. The number of ketones is 1. The van der Waals surface area contributed by atoms with Crippen LogP contribution in [0.2, 0.25) is 0 Å².